The van der Waals surface area contributed by atoms with Crippen LogP contribution in [0.1, 0.15) is 26.7 Å². The average Bonchev–Trinajstić information content (AvgIpc) is 2.58. The number of allylic oxidation sites excluding steroid dienone is 2. The molecule has 0 spiro atoms. The van der Waals surface area contributed by atoms with Crippen LogP contribution in [0.5, 0.6) is 0 Å². The molecule has 0 amide bonds. The molecular formula is C10H14O. The van der Waals surface area contributed by atoms with Gasteiger partial charge >= 0.3 is 0 Å². The van der Waals surface area contributed by atoms with Gasteiger partial charge in [-0.2, -0.15) is 0 Å². The molecule has 2 rings (SSSR count). The molecule has 0 bridgehead atoms. The molecule has 2 aliphatic carbocycles. The molecule has 2 fully saturated rings. The zero-order valence-electron chi connectivity index (χ0n) is 7.13. The highest BCUT2D eigenvalue weighted by Crippen LogP contribution is 2.52. The minimum absolute atomic E-state index is 0.281. The van der Waals surface area contributed by atoms with Gasteiger partial charge in [-0.3, -0.25) is 4.79 Å². The van der Waals surface area contributed by atoms with Gasteiger partial charge in [0.15, 0.2) is 0 Å². The molecule has 0 saturated heterocycles. The maximum absolute atomic E-state index is 11.4. The topological polar surface area (TPSA) is 17.1 Å². The van der Waals surface area contributed by atoms with E-state index in [4.69, 9.17) is 0 Å². The number of carbonyl (C=O) groups is 1. The summed E-state index contributed by atoms with van der Waals surface area (Å²) in [6, 6.07) is 0. The molecule has 0 aromatic rings. The monoisotopic (exact) mass is 150 g/mol. The van der Waals surface area contributed by atoms with Crippen LogP contribution in [0.3, 0.4) is 0 Å². The highest BCUT2D eigenvalue weighted by atomic mass is 16.1. The Hall–Kier alpha value is -0.590. The van der Waals surface area contributed by atoms with Gasteiger partial charge in [0, 0.05) is 11.8 Å². The quantitative estimate of drug-likeness (QED) is 0.523. The van der Waals surface area contributed by atoms with Crippen LogP contribution < -0.4 is 0 Å². The van der Waals surface area contributed by atoms with E-state index in [0.29, 0.717) is 11.7 Å². The molecular weight excluding hydrogens is 136 g/mol. The van der Waals surface area contributed by atoms with Crippen molar-refractivity contribution in [3.63, 3.8) is 0 Å². The zero-order valence-corrected chi connectivity index (χ0v) is 7.13. The van der Waals surface area contributed by atoms with Crippen molar-refractivity contribution in [2.24, 2.45) is 17.8 Å². The Morgan fingerprint density at radius 1 is 1.45 bits per heavy atom. The second-order valence-electron chi connectivity index (χ2n) is 4.09. The van der Waals surface area contributed by atoms with Crippen LogP contribution in [0.25, 0.3) is 0 Å². The molecule has 0 heterocycles. The molecule has 0 radical (unpaired) electrons. The number of ketones is 1. The third-order valence-electron chi connectivity index (χ3n) is 2.74. The van der Waals surface area contributed by atoms with Crippen molar-refractivity contribution in [1.29, 1.82) is 0 Å². The van der Waals surface area contributed by atoms with Crippen LogP contribution in [0.15, 0.2) is 11.6 Å². The number of hydrogen-bond acceptors (Lipinski definition) is 1. The first kappa shape index (κ1) is 7.08. The Morgan fingerprint density at radius 2 is 2.18 bits per heavy atom. The van der Waals surface area contributed by atoms with E-state index in [0.717, 1.165) is 12.3 Å². The third kappa shape index (κ3) is 1.13. The second kappa shape index (κ2) is 2.20. The number of carbonyl (C=O) groups excluding carboxylic acids is 1. The summed E-state index contributed by atoms with van der Waals surface area (Å²) in [6.07, 6.45) is 4.45. The fourth-order valence-corrected chi connectivity index (χ4v) is 2.13. The molecule has 0 unspecified atom stereocenters. The molecule has 3 atom stereocenters. The molecule has 0 N–H and O–H groups in total. The van der Waals surface area contributed by atoms with Gasteiger partial charge in [-0.15, -0.1) is 0 Å². The predicted octanol–water partition coefficient (Wildman–Crippen LogP) is 2.18. The van der Waals surface area contributed by atoms with E-state index >= 15 is 0 Å². The second-order valence-corrected chi connectivity index (χ2v) is 4.09. The summed E-state index contributed by atoms with van der Waals surface area (Å²) in [7, 11) is 0. The van der Waals surface area contributed by atoms with E-state index < -0.39 is 0 Å². The Balaban J connectivity index is 2.07. The molecule has 0 aromatic heterocycles. The zero-order chi connectivity index (χ0) is 8.01. The van der Waals surface area contributed by atoms with Gasteiger partial charge in [-0.1, -0.05) is 11.6 Å². The van der Waals surface area contributed by atoms with Crippen LogP contribution in [0, 0.1) is 17.8 Å². The maximum atomic E-state index is 11.4. The minimum atomic E-state index is 0.281. The lowest BCUT2D eigenvalue weighted by Crippen LogP contribution is -2.08. The Bertz CT molecular complexity index is 223. The van der Waals surface area contributed by atoms with Crippen LogP contribution in [-0.2, 0) is 4.79 Å². The summed E-state index contributed by atoms with van der Waals surface area (Å²) in [6.45, 7) is 4.13. The van der Waals surface area contributed by atoms with Gasteiger partial charge in [0.25, 0.3) is 0 Å². The van der Waals surface area contributed by atoms with Gasteiger partial charge < -0.3 is 0 Å². The lowest BCUT2D eigenvalue weighted by atomic mass is 10.00. The van der Waals surface area contributed by atoms with Crippen molar-refractivity contribution in [3.8, 4) is 0 Å². The summed E-state index contributed by atoms with van der Waals surface area (Å²) < 4.78 is 0. The Morgan fingerprint density at radius 3 is 2.64 bits per heavy atom. The highest BCUT2D eigenvalue weighted by molar-refractivity contribution is 5.90. The van der Waals surface area contributed by atoms with Crippen LogP contribution in [-0.4, -0.2) is 5.78 Å². The lowest BCUT2D eigenvalue weighted by Gasteiger charge is -2.04. The summed E-state index contributed by atoms with van der Waals surface area (Å²) in [4.78, 5) is 11.4. The molecule has 0 aromatic carbocycles. The van der Waals surface area contributed by atoms with Crippen LogP contribution in [0.4, 0.5) is 0 Å². The predicted molar refractivity (Wildman–Crippen MR) is 44.1 cm³/mol. The van der Waals surface area contributed by atoms with Crippen molar-refractivity contribution in [2.45, 2.75) is 26.7 Å². The van der Waals surface area contributed by atoms with E-state index in [1.807, 2.05) is 0 Å². The first-order valence-electron chi connectivity index (χ1n) is 4.37. The normalized spacial score (nSPS) is 40.2. The van der Waals surface area contributed by atoms with E-state index in [9.17, 15) is 4.79 Å². The smallest absolute Gasteiger partial charge is 0.143 e. The van der Waals surface area contributed by atoms with Crippen molar-refractivity contribution in [3.05, 3.63) is 11.6 Å². The molecule has 1 nitrogen and oxygen atoms in total. The molecule has 2 aliphatic rings. The van der Waals surface area contributed by atoms with E-state index in [2.05, 4.69) is 19.9 Å². The van der Waals surface area contributed by atoms with Crippen LogP contribution in [0.2, 0.25) is 0 Å². The summed E-state index contributed by atoms with van der Waals surface area (Å²) in [5.41, 5.74) is 1.28. The minimum Gasteiger partial charge on any atom is -0.299 e. The summed E-state index contributed by atoms with van der Waals surface area (Å²) in [5.74, 6) is 2.03. The summed E-state index contributed by atoms with van der Waals surface area (Å²) >= 11 is 0. The molecule has 1 heteroatoms. The number of hydrogen-bond donors (Lipinski definition) is 0. The largest absolute Gasteiger partial charge is 0.299 e. The first-order valence-corrected chi connectivity index (χ1v) is 4.37. The highest BCUT2D eigenvalue weighted by Gasteiger charge is 2.51. The SMILES string of the molecule is CC(C)=C[C@@H]1C[C@H]2C[C@@H]2C1=O. The average molecular weight is 150 g/mol. The molecule has 60 valence electrons. The Kier molecular flexibility index (Phi) is 1.41. The van der Waals surface area contributed by atoms with Crippen LogP contribution >= 0.6 is 0 Å². The molecule has 0 aliphatic heterocycles. The van der Waals surface area contributed by atoms with Crippen molar-refractivity contribution >= 4 is 5.78 Å². The summed E-state index contributed by atoms with van der Waals surface area (Å²) in [5, 5.41) is 0. The number of Topliss-reactive ketones (excluding diaryl/α,β-unsaturated/α-hetero) is 1. The number of fused-ring (bicyclic) bond motifs is 1. The van der Waals surface area contributed by atoms with Gasteiger partial charge in [0.05, 0.1) is 0 Å². The molecule has 2 saturated carbocycles. The van der Waals surface area contributed by atoms with Crippen molar-refractivity contribution < 1.29 is 4.79 Å². The first-order chi connectivity index (χ1) is 5.18. The van der Waals surface area contributed by atoms with Gasteiger partial charge in [0.1, 0.15) is 5.78 Å². The fourth-order valence-electron chi connectivity index (χ4n) is 2.13. The van der Waals surface area contributed by atoms with Gasteiger partial charge in [-0.25, -0.2) is 0 Å². The third-order valence-corrected chi connectivity index (χ3v) is 2.74. The van der Waals surface area contributed by atoms with Crippen molar-refractivity contribution in [2.75, 3.05) is 0 Å². The van der Waals surface area contributed by atoms with E-state index in [1.165, 1.54) is 12.0 Å². The van der Waals surface area contributed by atoms with Gasteiger partial charge in [0.2, 0.25) is 0 Å². The Labute approximate surface area is 67.5 Å². The van der Waals surface area contributed by atoms with Gasteiger partial charge in [-0.05, 0) is 32.6 Å². The lowest BCUT2D eigenvalue weighted by molar-refractivity contribution is -0.121. The number of rotatable bonds is 1. The molecule has 11 heavy (non-hydrogen) atoms. The van der Waals surface area contributed by atoms with Crippen molar-refractivity contribution in [1.82, 2.24) is 0 Å². The maximum Gasteiger partial charge on any atom is 0.143 e. The van der Waals surface area contributed by atoms with E-state index in [-0.39, 0.29) is 5.92 Å². The van der Waals surface area contributed by atoms with E-state index in [1.54, 1.807) is 0 Å². The fraction of sp³-hybridized carbons (Fsp3) is 0.700. The standard InChI is InChI=1S/C10H14O/c1-6(2)3-8-4-7-5-9(7)10(8)11/h3,7-9H,4-5H2,1-2H3/t7-,8+,9-/m0/s1.